The molecule has 0 bridgehead atoms. The summed E-state index contributed by atoms with van der Waals surface area (Å²) in [5.41, 5.74) is 1.48. The maximum atomic E-state index is 9.06. The summed E-state index contributed by atoms with van der Waals surface area (Å²) < 4.78 is 0. The lowest BCUT2D eigenvalue weighted by molar-refractivity contribution is 0.901. The Bertz CT molecular complexity index is 371. The topological polar surface area (TPSA) is 23.8 Å². The molecule has 0 aliphatic heterocycles. The standard InChI is InChI=1S/C11H11NS/c12-7-11(4-5-11)10-6-8-2-1-3-9(8)13-10/h6H,1-5H2. The van der Waals surface area contributed by atoms with Crippen molar-refractivity contribution in [2.75, 3.05) is 0 Å². The Morgan fingerprint density at radius 2 is 2.23 bits per heavy atom. The Balaban J connectivity index is 2.04. The van der Waals surface area contributed by atoms with Crippen molar-refractivity contribution in [2.24, 2.45) is 0 Å². The molecule has 0 unspecified atom stereocenters. The highest BCUT2D eigenvalue weighted by Crippen LogP contribution is 2.51. The molecule has 1 heterocycles. The zero-order valence-electron chi connectivity index (χ0n) is 7.47. The number of nitriles is 1. The second-order valence-corrected chi connectivity index (χ2v) is 5.24. The predicted molar refractivity (Wildman–Crippen MR) is 52.9 cm³/mol. The first-order valence-corrected chi connectivity index (χ1v) is 5.69. The van der Waals surface area contributed by atoms with Gasteiger partial charge in [-0.05, 0) is 43.7 Å². The molecule has 1 saturated carbocycles. The van der Waals surface area contributed by atoms with E-state index in [1.165, 1.54) is 29.7 Å². The van der Waals surface area contributed by atoms with Crippen molar-refractivity contribution >= 4 is 11.3 Å². The van der Waals surface area contributed by atoms with Gasteiger partial charge in [0, 0.05) is 9.75 Å². The van der Waals surface area contributed by atoms with Crippen molar-refractivity contribution in [3.8, 4) is 6.07 Å². The number of hydrogen-bond donors (Lipinski definition) is 0. The average molecular weight is 189 g/mol. The molecule has 13 heavy (non-hydrogen) atoms. The number of hydrogen-bond acceptors (Lipinski definition) is 2. The van der Waals surface area contributed by atoms with Gasteiger partial charge in [0.2, 0.25) is 0 Å². The van der Waals surface area contributed by atoms with E-state index in [2.05, 4.69) is 12.1 Å². The quantitative estimate of drug-likeness (QED) is 0.666. The SMILES string of the molecule is N#CC1(c2cc3c(s2)CCC3)CC1. The minimum absolute atomic E-state index is 0.0466. The minimum atomic E-state index is -0.0466. The van der Waals surface area contributed by atoms with Crippen LogP contribution in [0.1, 0.15) is 34.6 Å². The van der Waals surface area contributed by atoms with Gasteiger partial charge >= 0.3 is 0 Å². The van der Waals surface area contributed by atoms with Crippen molar-refractivity contribution in [2.45, 2.75) is 37.5 Å². The zero-order valence-corrected chi connectivity index (χ0v) is 8.28. The highest BCUT2D eigenvalue weighted by atomic mass is 32.1. The highest BCUT2D eigenvalue weighted by molar-refractivity contribution is 7.12. The summed E-state index contributed by atoms with van der Waals surface area (Å²) in [5.74, 6) is 0. The van der Waals surface area contributed by atoms with Gasteiger partial charge in [0.25, 0.3) is 0 Å². The van der Waals surface area contributed by atoms with E-state index >= 15 is 0 Å². The minimum Gasteiger partial charge on any atom is -0.197 e. The van der Waals surface area contributed by atoms with E-state index in [1.54, 1.807) is 4.88 Å². The summed E-state index contributed by atoms with van der Waals surface area (Å²) in [6, 6.07) is 4.76. The summed E-state index contributed by atoms with van der Waals surface area (Å²) in [6.07, 6.45) is 5.99. The smallest absolute Gasteiger partial charge is 0.0916 e. The summed E-state index contributed by atoms with van der Waals surface area (Å²) in [6.45, 7) is 0. The molecule has 0 atom stereocenters. The van der Waals surface area contributed by atoms with E-state index in [0.29, 0.717) is 0 Å². The van der Waals surface area contributed by atoms with Crippen molar-refractivity contribution in [3.63, 3.8) is 0 Å². The van der Waals surface area contributed by atoms with E-state index in [9.17, 15) is 0 Å². The Morgan fingerprint density at radius 3 is 2.85 bits per heavy atom. The number of thiophene rings is 1. The monoisotopic (exact) mass is 189 g/mol. The van der Waals surface area contributed by atoms with Crippen LogP contribution in [0.5, 0.6) is 0 Å². The van der Waals surface area contributed by atoms with Gasteiger partial charge in [-0.1, -0.05) is 0 Å². The van der Waals surface area contributed by atoms with Gasteiger partial charge in [-0.3, -0.25) is 0 Å². The van der Waals surface area contributed by atoms with E-state index in [0.717, 1.165) is 12.8 Å². The third kappa shape index (κ3) is 0.971. The molecule has 2 aliphatic carbocycles. The Kier molecular flexibility index (Phi) is 1.38. The van der Waals surface area contributed by atoms with Crippen LogP contribution in [0.4, 0.5) is 0 Å². The van der Waals surface area contributed by atoms with Gasteiger partial charge in [0.05, 0.1) is 11.5 Å². The molecule has 1 aromatic rings. The Labute approximate surface area is 82.0 Å². The second-order valence-electron chi connectivity index (χ2n) is 4.11. The van der Waals surface area contributed by atoms with Crippen molar-refractivity contribution in [3.05, 3.63) is 21.4 Å². The van der Waals surface area contributed by atoms with Crippen LogP contribution in [0.2, 0.25) is 0 Å². The summed E-state index contributed by atoms with van der Waals surface area (Å²) in [5, 5.41) is 9.06. The first-order valence-electron chi connectivity index (χ1n) is 4.87. The third-order valence-electron chi connectivity index (χ3n) is 3.18. The molecule has 1 fully saturated rings. The fourth-order valence-corrected chi connectivity index (χ4v) is 3.55. The first kappa shape index (κ1) is 7.58. The molecule has 1 aromatic heterocycles. The van der Waals surface area contributed by atoms with E-state index in [-0.39, 0.29) is 5.41 Å². The number of aryl methyl sites for hydroxylation is 2. The summed E-state index contributed by atoms with van der Waals surface area (Å²) in [7, 11) is 0. The van der Waals surface area contributed by atoms with Gasteiger partial charge < -0.3 is 0 Å². The first-order chi connectivity index (χ1) is 6.34. The Morgan fingerprint density at radius 1 is 1.38 bits per heavy atom. The van der Waals surface area contributed by atoms with Gasteiger partial charge in [-0.15, -0.1) is 11.3 Å². The van der Waals surface area contributed by atoms with Crippen LogP contribution in [0.25, 0.3) is 0 Å². The molecule has 2 heteroatoms. The van der Waals surface area contributed by atoms with E-state index in [1.807, 2.05) is 11.3 Å². The molecule has 0 amide bonds. The van der Waals surface area contributed by atoms with Crippen LogP contribution in [0, 0.1) is 11.3 Å². The molecule has 0 N–H and O–H groups in total. The molecular formula is C11H11NS. The van der Waals surface area contributed by atoms with Crippen molar-refractivity contribution in [1.29, 1.82) is 5.26 Å². The molecule has 2 aliphatic rings. The maximum Gasteiger partial charge on any atom is 0.0916 e. The van der Waals surface area contributed by atoms with Crippen molar-refractivity contribution in [1.82, 2.24) is 0 Å². The highest BCUT2D eigenvalue weighted by Gasteiger charge is 2.46. The van der Waals surface area contributed by atoms with E-state index in [4.69, 9.17) is 5.26 Å². The molecule has 3 rings (SSSR count). The molecule has 1 nitrogen and oxygen atoms in total. The van der Waals surface area contributed by atoms with Crippen LogP contribution in [-0.4, -0.2) is 0 Å². The average Bonchev–Trinajstić information content (AvgIpc) is 2.63. The summed E-state index contributed by atoms with van der Waals surface area (Å²) in [4.78, 5) is 2.90. The molecule has 66 valence electrons. The lowest BCUT2D eigenvalue weighted by atomic mass is 10.1. The normalized spacial score (nSPS) is 22.4. The maximum absolute atomic E-state index is 9.06. The van der Waals surface area contributed by atoms with Crippen LogP contribution >= 0.6 is 11.3 Å². The summed E-state index contributed by atoms with van der Waals surface area (Å²) >= 11 is 1.89. The second kappa shape index (κ2) is 2.36. The predicted octanol–water partition coefficient (Wildman–Crippen LogP) is 2.79. The van der Waals surface area contributed by atoms with Crippen molar-refractivity contribution < 1.29 is 0 Å². The largest absolute Gasteiger partial charge is 0.197 e. The van der Waals surface area contributed by atoms with Crippen LogP contribution in [0.15, 0.2) is 6.07 Å². The van der Waals surface area contributed by atoms with Crippen LogP contribution in [0.3, 0.4) is 0 Å². The van der Waals surface area contributed by atoms with Gasteiger partial charge in [0.1, 0.15) is 0 Å². The molecular weight excluding hydrogens is 178 g/mol. The Hall–Kier alpha value is -0.810. The van der Waals surface area contributed by atoms with Gasteiger partial charge in [-0.2, -0.15) is 5.26 Å². The van der Waals surface area contributed by atoms with Crippen LogP contribution < -0.4 is 0 Å². The molecule has 0 spiro atoms. The molecule has 0 aromatic carbocycles. The molecule has 0 radical (unpaired) electrons. The lowest BCUT2D eigenvalue weighted by Crippen LogP contribution is -1.98. The zero-order chi connectivity index (χ0) is 8.89. The van der Waals surface area contributed by atoms with E-state index < -0.39 is 0 Å². The van der Waals surface area contributed by atoms with Gasteiger partial charge in [0.15, 0.2) is 0 Å². The lowest BCUT2D eigenvalue weighted by Gasteiger charge is -1.99. The third-order valence-corrected chi connectivity index (χ3v) is 4.62. The molecule has 0 saturated heterocycles. The number of fused-ring (bicyclic) bond motifs is 1. The fraction of sp³-hybridized carbons (Fsp3) is 0.545. The number of nitrogens with zero attached hydrogens (tertiary/aromatic N) is 1. The number of rotatable bonds is 1. The van der Waals surface area contributed by atoms with Gasteiger partial charge in [-0.25, -0.2) is 0 Å². The van der Waals surface area contributed by atoms with Crippen LogP contribution in [-0.2, 0) is 18.3 Å². The fourth-order valence-electron chi connectivity index (χ4n) is 2.10.